The predicted molar refractivity (Wildman–Crippen MR) is 41.5 cm³/mol. The molecule has 69 valence electrons. The molecule has 0 N–H and O–H groups in total. The Morgan fingerprint density at radius 2 is 1.14 bits per heavy atom. The van der Waals surface area contributed by atoms with Crippen LogP contribution in [0.2, 0.25) is 0 Å². The van der Waals surface area contributed by atoms with Gasteiger partial charge in [0.15, 0.2) is 0 Å². The first-order chi connectivity index (χ1) is 3.68. The minimum atomic E-state index is 0. The van der Waals surface area contributed by atoms with E-state index in [1.165, 1.54) is 13.2 Å². The van der Waals surface area contributed by atoms with E-state index in [1.54, 1.807) is 0 Å². The van der Waals surface area contributed by atoms with Crippen molar-refractivity contribution in [2.24, 2.45) is 0 Å². The van der Waals surface area contributed by atoms with E-state index < -0.39 is 0 Å². The van der Waals surface area contributed by atoms with E-state index in [-0.39, 0.29) is 171 Å². The van der Waals surface area contributed by atoms with Crippen LogP contribution in [-0.4, -0.2) is 6.29 Å². The summed E-state index contributed by atoms with van der Waals surface area (Å²) >= 11 is 0. The van der Waals surface area contributed by atoms with Gasteiger partial charge in [-0.05, 0) is 0 Å². The van der Waals surface area contributed by atoms with Crippen LogP contribution in [-0.2, 0) is 168 Å². The van der Waals surface area contributed by atoms with Crippen LogP contribution < -0.4 is 0 Å². The van der Waals surface area contributed by atoms with E-state index in [9.17, 15) is 0 Å². The minimum absolute atomic E-state index is 0. The van der Waals surface area contributed by atoms with Crippen LogP contribution in [0.15, 0.2) is 18.7 Å². The Labute approximate surface area is 215 Å². The second-order valence-electron chi connectivity index (χ2n) is 1.16. The van der Waals surface area contributed by atoms with Gasteiger partial charge in [-0.2, -0.15) is 13.5 Å². The molecule has 0 aromatic heterocycles. The molecule has 0 fully saturated rings. The van der Waals surface area contributed by atoms with Crippen molar-refractivity contribution in [2.75, 3.05) is 0 Å². The average Bonchev–Trinajstić information content (AvgIpc) is 1.69. The topological polar surface area (TPSA) is 17.1 Å². The molecule has 0 bridgehead atoms. The summed E-state index contributed by atoms with van der Waals surface area (Å²) in [4.78, 5) is 8.68. The van der Waals surface area contributed by atoms with E-state index >= 15 is 0 Å². The third kappa shape index (κ3) is 92.0. The molecule has 14 heavy (non-hydrogen) atoms. The van der Waals surface area contributed by atoms with Crippen LogP contribution in [0.25, 0.3) is 0 Å². The Morgan fingerprint density at radius 3 is 1.14 bits per heavy atom. The Morgan fingerprint density at radius 1 is 1.07 bits per heavy atom. The molecule has 6 heteroatoms. The summed E-state index contributed by atoms with van der Waals surface area (Å²) in [6.07, 6.45) is 4.08. The molecule has 0 unspecified atom stereocenters. The van der Waals surface area contributed by atoms with Gasteiger partial charge < -0.3 is 12.2 Å². The van der Waals surface area contributed by atoms with Crippen molar-refractivity contribution >= 4 is 6.29 Å². The smallest absolute Gasteiger partial charge is 0 e. The van der Waals surface area contributed by atoms with Crippen molar-refractivity contribution in [3.05, 3.63) is 32.2 Å². The normalized spacial score (nSPS) is 3.29. The van der Waals surface area contributed by atoms with Crippen LogP contribution in [0.3, 0.4) is 0 Å². The zero-order valence-electron chi connectivity index (χ0n) is 9.21. The van der Waals surface area contributed by atoms with Gasteiger partial charge >= 0.3 is 0 Å². The molecule has 1 nitrogen and oxygen atoms in total. The molecule has 0 saturated heterocycles. The van der Waals surface area contributed by atoms with Gasteiger partial charge in [-0.3, -0.25) is 12.4 Å². The van der Waals surface area contributed by atoms with Gasteiger partial charge in [0.2, 0.25) is 0 Å². The monoisotopic (exact) mass is 570 g/mol. The molecule has 0 saturated carbocycles. The molecule has 0 aliphatic carbocycles. The third-order valence-corrected chi connectivity index (χ3v) is 0.302. The second kappa shape index (κ2) is 52.5. The molecule has 0 atom stereocenters. The molecular weight excluding hydrogens is 557 g/mol. The van der Waals surface area contributed by atoms with Gasteiger partial charge in [0.05, 0.1) is 0 Å². The van der Waals surface area contributed by atoms with E-state index in [2.05, 4.69) is 19.2 Å². The maximum absolute atomic E-state index is 8.68. The molecule has 0 aliphatic heterocycles. The maximum atomic E-state index is 8.68. The summed E-state index contributed by atoms with van der Waals surface area (Å²) in [7, 11) is 0. The Bertz CT molecular complexity index is 95.7. The van der Waals surface area contributed by atoms with Crippen LogP contribution in [0.1, 0.15) is 13.8 Å². The fourth-order valence-electron chi connectivity index (χ4n) is 0. The number of allylic oxidation sites excluding steroid dienone is 2. The summed E-state index contributed by atoms with van der Waals surface area (Å²) in [5.74, 6) is 0. The van der Waals surface area contributed by atoms with E-state index in [0.717, 1.165) is 5.57 Å². The van der Waals surface area contributed by atoms with Crippen LogP contribution in [0, 0.1) is 13.5 Å². The first-order valence-electron chi connectivity index (χ1n) is 2.16. The van der Waals surface area contributed by atoms with Crippen LogP contribution in [0.5, 0.6) is 0 Å². The van der Waals surface area contributed by atoms with Gasteiger partial charge in [0, 0.05) is 164 Å². The average molecular weight is 570 g/mol. The minimum Gasteiger partial charge on any atom is -0.542 e. The molecule has 5 radical (unpaired) electrons. The van der Waals surface area contributed by atoms with Crippen molar-refractivity contribution in [2.45, 2.75) is 13.8 Å². The third-order valence-electron chi connectivity index (χ3n) is 0.302. The molecule has 0 aromatic rings. The van der Waals surface area contributed by atoms with Crippen molar-refractivity contribution in [1.29, 1.82) is 0 Å². The number of rotatable bonds is 1. The summed E-state index contributed by atoms with van der Waals surface area (Å²) in [5.41, 5.74) is 0.894. The molecule has 0 rings (SSSR count). The van der Waals surface area contributed by atoms with Gasteiger partial charge in [-0.25, -0.2) is 12.2 Å². The first-order valence-corrected chi connectivity index (χ1v) is 2.16. The van der Waals surface area contributed by atoms with Crippen molar-refractivity contribution < 1.29 is 168 Å². The van der Waals surface area contributed by atoms with Crippen molar-refractivity contribution in [3.8, 4) is 0 Å². The summed E-state index contributed by atoms with van der Waals surface area (Å²) < 4.78 is 0. The van der Waals surface area contributed by atoms with E-state index in [0.29, 0.717) is 0 Å². The molecule has 0 amide bonds. The quantitative estimate of drug-likeness (QED) is 0.350. The van der Waals surface area contributed by atoms with Gasteiger partial charge in [0.25, 0.3) is 0 Å². The van der Waals surface area contributed by atoms with Crippen LogP contribution >= 0.6 is 0 Å². The molecular formula is C8H13OY5-3. The fraction of sp³-hybridized carbons (Fsp3) is 0.250. The Kier molecular flexibility index (Phi) is 192. The molecule has 0 aromatic carbocycles. The number of hydrogen-bond donors (Lipinski definition) is 0. The Balaban J connectivity index is -0.00000000626. The zero-order chi connectivity index (χ0) is 6.99. The number of hydrogen-bond acceptors (Lipinski definition) is 1. The summed E-state index contributed by atoms with van der Waals surface area (Å²) in [6, 6.07) is 0. The standard InChI is InChI=1S/C5H7.C2H3O.CH3.5Y/c1-4-5(2)3;1-2-3;;;;;;/h1-2H2,3H3;1H3;1H3;;;;;/q3*-1;;;;;. The van der Waals surface area contributed by atoms with Crippen LogP contribution in [0.4, 0.5) is 0 Å². The van der Waals surface area contributed by atoms with Crippen molar-refractivity contribution in [3.63, 3.8) is 0 Å². The van der Waals surface area contributed by atoms with Gasteiger partial charge in [-0.15, -0.1) is 0 Å². The molecule has 0 aliphatic rings. The summed E-state index contributed by atoms with van der Waals surface area (Å²) in [5, 5.41) is 0. The number of carbonyl (C=O) groups excluding carboxylic acids is 1. The first kappa shape index (κ1) is 51.2. The fourth-order valence-corrected chi connectivity index (χ4v) is 0. The predicted octanol–water partition coefficient (Wildman–Crippen LogP) is 2.11. The van der Waals surface area contributed by atoms with Crippen molar-refractivity contribution in [1.82, 2.24) is 0 Å². The van der Waals surface area contributed by atoms with Gasteiger partial charge in [0.1, 0.15) is 0 Å². The van der Waals surface area contributed by atoms with Gasteiger partial charge in [-0.1, -0.05) is 6.92 Å². The molecule has 0 spiro atoms. The van der Waals surface area contributed by atoms with E-state index in [4.69, 9.17) is 4.79 Å². The maximum Gasteiger partial charge on any atom is 0 e. The second-order valence-corrected chi connectivity index (χ2v) is 1.16. The Hall–Kier alpha value is 4.67. The van der Waals surface area contributed by atoms with E-state index in [1.807, 2.05) is 6.92 Å². The SMILES string of the molecule is C=[C-]C(=C)C.C[C-]=O.[CH3-].[Y].[Y].[Y].[Y].[Y]. The summed E-state index contributed by atoms with van der Waals surface area (Å²) in [6.45, 7) is 10.0. The largest absolute Gasteiger partial charge is 0.542 e. The molecule has 0 heterocycles. The zero-order valence-corrected chi connectivity index (χ0v) is 23.4.